The summed E-state index contributed by atoms with van der Waals surface area (Å²) < 4.78 is 90.8. The van der Waals surface area contributed by atoms with Crippen LogP contribution in [0.2, 0.25) is 0 Å². The number of methoxy groups -OCH3 is 2. The van der Waals surface area contributed by atoms with E-state index in [4.69, 9.17) is 27.9 Å². The quantitative estimate of drug-likeness (QED) is 0.0854. The minimum atomic E-state index is -3.95. The number of piperidine rings is 1. The summed E-state index contributed by atoms with van der Waals surface area (Å²) in [5, 5.41) is 0. The molecule has 0 saturated carbocycles. The van der Waals surface area contributed by atoms with Crippen LogP contribution < -0.4 is 14.4 Å². The van der Waals surface area contributed by atoms with Crippen molar-refractivity contribution < 1.29 is 44.7 Å². The van der Waals surface area contributed by atoms with Gasteiger partial charge in [0.15, 0.2) is 0 Å². The number of aryl methyl sites for hydroxylation is 2. The van der Waals surface area contributed by atoms with Crippen LogP contribution >= 0.6 is 0 Å². The number of ether oxygens (including phenoxy) is 5. The highest BCUT2D eigenvalue weighted by Gasteiger charge is 2.43. The van der Waals surface area contributed by atoms with Crippen molar-refractivity contribution >= 4 is 25.8 Å². The number of rotatable bonds is 18. The lowest BCUT2D eigenvalue weighted by atomic mass is 9.85. The molecule has 0 unspecified atom stereocenters. The topological polar surface area (TPSA) is 130 Å². The van der Waals surface area contributed by atoms with Crippen molar-refractivity contribution in [1.29, 1.82) is 0 Å². The van der Waals surface area contributed by atoms with Crippen molar-refractivity contribution in [3.8, 4) is 11.5 Å². The van der Waals surface area contributed by atoms with Crippen LogP contribution in [0.4, 0.5) is 5.69 Å². The second-order valence-electron chi connectivity index (χ2n) is 14.1. The average Bonchev–Trinajstić information content (AvgIpc) is 3.20. The lowest BCUT2D eigenvalue weighted by Crippen LogP contribution is -2.54. The zero-order chi connectivity index (χ0) is 39.7. The Morgan fingerprint density at radius 2 is 1.39 bits per heavy atom. The minimum absolute atomic E-state index is 0.0574. The van der Waals surface area contributed by atoms with Crippen LogP contribution in [-0.2, 0) is 45.1 Å². The third kappa shape index (κ3) is 10.3. The molecule has 3 atom stereocenters. The van der Waals surface area contributed by atoms with E-state index in [-0.39, 0.29) is 55.0 Å². The molecule has 4 aromatic carbocycles. The SMILES string of the molecule is COCCCN1CCOc2ccc(CO[C@H]3CN(S(=O)(=O)c4ccc(C)cc4)C[C@@H](OCCCOS(=O)(=O)c4ccc(C)cc4)[C@@H]3c3ccc(OC)cc3)cc21. The van der Waals surface area contributed by atoms with E-state index in [2.05, 4.69) is 11.0 Å². The molecule has 12 nitrogen and oxygen atoms in total. The number of sulfonamides is 1. The van der Waals surface area contributed by atoms with E-state index in [9.17, 15) is 16.8 Å². The van der Waals surface area contributed by atoms with E-state index in [0.717, 1.165) is 53.2 Å². The van der Waals surface area contributed by atoms with Crippen LogP contribution in [0, 0.1) is 13.8 Å². The largest absolute Gasteiger partial charge is 0.497 e. The number of anilines is 1. The second kappa shape index (κ2) is 18.9. The Kier molecular flexibility index (Phi) is 14.1. The Morgan fingerprint density at radius 3 is 2.05 bits per heavy atom. The Bertz CT molecular complexity index is 2090. The van der Waals surface area contributed by atoms with Crippen LogP contribution in [0.1, 0.15) is 41.0 Å². The van der Waals surface area contributed by atoms with Gasteiger partial charge in [-0.3, -0.25) is 4.18 Å². The molecule has 6 rings (SSSR count). The standard InChI is InChI=1S/C42H52N2O10S2/c1-31-7-16-36(17-8-31)55(45,46)44-28-40(51-24-6-25-54-56(47,48)37-18-9-32(2)10-19-37)42(34-12-14-35(50-4)15-13-34)41(29-44)53-30-33-11-20-39-38(27-33)43(22-26-52-39)21-5-23-49-3/h7-20,27,40-42H,5-6,21-26,28-30H2,1-4H3/t40-,41+,42+/m1/s1. The highest BCUT2D eigenvalue weighted by molar-refractivity contribution is 7.89. The van der Waals surface area contributed by atoms with E-state index in [1.165, 1.54) is 16.4 Å². The molecular formula is C42H52N2O10S2. The fourth-order valence-corrected chi connectivity index (χ4v) is 9.45. The third-order valence-electron chi connectivity index (χ3n) is 10.1. The highest BCUT2D eigenvalue weighted by atomic mass is 32.2. The van der Waals surface area contributed by atoms with Crippen molar-refractivity contribution in [2.24, 2.45) is 0 Å². The van der Waals surface area contributed by atoms with Crippen molar-refractivity contribution in [3.63, 3.8) is 0 Å². The Morgan fingerprint density at radius 1 is 0.732 bits per heavy atom. The summed E-state index contributed by atoms with van der Waals surface area (Å²) in [6, 6.07) is 26.9. The molecule has 0 aliphatic carbocycles. The van der Waals surface area contributed by atoms with Gasteiger partial charge in [-0.15, -0.1) is 0 Å². The Hall–Kier alpha value is -4.02. The molecule has 0 radical (unpaired) electrons. The summed E-state index contributed by atoms with van der Waals surface area (Å²) in [6.45, 7) is 7.01. The van der Waals surface area contributed by atoms with Crippen molar-refractivity contribution in [2.45, 2.75) is 61.2 Å². The first-order valence-electron chi connectivity index (χ1n) is 18.9. The molecule has 0 bridgehead atoms. The number of benzene rings is 4. The number of nitrogens with zero attached hydrogens (tertiary/aromatic N) is 2. The van der Waals surface area contributed by atoms with Gasteiger partial charge in [0.25, 0.3) is 10.1 Å². The van der Waals surface area contributed by atoms with Gasteiger partial charge in [-0.1, -0.05) is 53.6 Å². The molecule has 2 heterocycles. The number of hydrogen-bond acceptors (Lipinski definition) is 11. The maximum Gasteiger partial charge on any atom is 0.296 e. The predicted molar refractivity (Wildman–Crippen MR) is 214 cm³/mol. The van der Waals surface area contributed by atoms with E-state index in [1.807, 2.05) is 50.2 Å². The van der Waals surface area contributed by atoms with Crippen molar-refractivity contribution in [1.82, 2.24) is 4.31 Å². The molecule has 1 fully saturated rings. The Labute approximate surface area is 331 Å². The fraction of sp³-hybridized carbons (Fsp3) is 0.429. The fourth-order valence-electron chi connectivity index (χ4n) is 7.04. The van der Waals surface area contributed by atoms with Crippen LogP contribution in [0.3, 0.4) is 0 Å². The first kappa shape index (κ1) is 41.6. The molecule has 0 N–H and O–H groups in total. The van der Waals surface area contributed by atoms with Gasteiger partial charge in [0.05, 0.1) is 54.6 Å². The molecular weight excluding hydrogens is 757 g/mol. The highest BCUT2D eigenvalue weighted by Crippen LogP contribution is 2.38. The zero-order valence-electron chi connectivity index (χ0n) is 32.5. The van der Waals surface area contributed by atoms with Crippen molar-refractivity contribution in [3.05, 3.63) is 113 Å². The molecule has 1 saturated heterocycles. The van der Waals surface area contributed by atoms with Gasteiger partial charge in [0.2, 0.25) is 10.0 Å². The average molecular weight is 809 g/mol. The Balaban J connectivity index is 1.25. The summed E-state index contributed by atoms with van der Waals surface area (Å²) in [6.07, 6.45) is -0.135. The molecule has 0 spiro atoms. The van der Waals surface area contributed by atoms with Gasteiger partial charge in [0.1, 0.15) is 18.1 Å². The molecule has 0 amide bonds. The van der Waals surface area contributed by atoms with Gasteiger partial charge in [-0.25, -0.2) is 8.42 Å². The first-order valence-corrected chi connectivity index (χ1v) is 21.7. The lowest BCUT2D eigenvalue weighted by Gasteiger charge is -2.43. The summed E-state index contributed by atoms with van der Waals surface area (Å²) in [4.78, 5) is 2.55. The van der Waals surface area contributed by atoms with Gasteiger partial charge < -0.3 is 28.6 Å². The second-order valence-corrected chi connectivity index (χ2v) is 17.7. The molecule has 4 aromatic rings. The van der Waals surface area contributed by atoms with Crippen molar-refractivity contribution in [2.75, 3.05) is 71.7 Å². The summed E-state index contributed by atoms with van der Waals surface area (Å²) in [5.41, 5.74) is 4.69. The predicted octanol–water partition coefficient (Wildman–Crippen LogP) is 6.10. The zero-order valence-corrected chi connectivity index (χ0v) is 34.1. The van der Waals surface area contributed by atoms with Gasteiger partial charge in [0, 0.05) is 45.9 Å². The van der Waals surface area contributed by atoms with Gasteiger partial charge in [-0.05, 0) is 86.3 Å². The van der Waals surface area contributed by atoms with E-state index >= 15 is 0 Å². The monoisotopic (exact) mass is 808 g/mol. The molecule has 56 heavy (non-hydrogen) atoms. The summed E-state index contributed by atoms with van der Waals surface area (Å²) in [5.74, 6) is 1.11. The summed E-state index contributed by atoms with van der Waals surface area (Å²) in [7, 11) is -4.60. The van der Waals surface area contributed by atoms with E-state index in [0.29, 0.717) is 19.0 Å². The molecule has 2 aliphatic heterocycles. The third-order valence-corrected chi connectivity index (χ3v) is 13.3. The molecule has 0 aromatic heterocycles. The van der Waals surface area contributed by atoms with E-state index < -0.39 is 32.3 Å². The first-order chi connectivity index (χ1) is 27.0. The molecule has 14 heteroatoms. The van der Waals surface area contributed by atoms with Crippen LogP contribution in [0.25, 0.3) is 0 Å². The summed E-state index contributed by atoms with van der Waals surface area (Å²) >= 11 is 0. The molecule has 2 aliphatic rings. The maximum atomic E-state index is 14.2. The van der Waals surface area contributed by atoms with E-state index in [1.54, 1.807) is 50.6 Å². The van der Waals surface area contributed by atoms with Gasteiger partial charge in [-0.2, -0.15) is 12.7 Å². The lowest BCUT2D eigenvalue weighted by molar-refractivity contribution is -0.0799. The maximum absolute atomic E-state index is 14.2. The minimum Gasteiger partial charge on any atom is -0.497 e. The van der Waals surface area contributed by atoms with Crippen LogP contribution in [0.15, 0.2) is 101 Å². The number of hydrogen-bond donors (Lipinski definition) is 0. The molecule has 302 valence electrons. The smallest absolute Gasteiger partial charge is 0.296 e. The van der Waals surface area contributed by atoms with Crippen LogP contribution in [-0.4, -0.2) is 100 Å². The normalized spacial score (nSPS) is 19.0. The van der Waals surface area contributed by atoms with Crippen LogP contribution in [0.5, 0.6) is 11.5 Å². The van der Waals surface area contributed by atoms with Gasteiger partial charge >= 0.3 is 0 Å². The number of fused-ring (bicyclic) bond motifs is 1.